The summed E-state index contributed by atoms with van der Waals surface area (Å²) in [6.45, 7) is 11.7. The first-order valence-corrected chi connectivity index (χ1v) is 12.6. The Bertz CT molecular complexity index is 1030. The van der Waals surface area contributed by atoms with Gasteiger partial charge in [-0.25, -0.2) is 15.0 Å². The molecule has 0 saturated heterocycles. The maximum absolute atomic E-state index is 6.16. The zero-order valence-corrected chi connectivity index (χ0v) is 19.8. The fourth-order valence-corrected chi connectivity index (χ4v) is 6.33. The summed E-state index contributed by atoms with van der Waals surface area (Å²) >= 11 is 3.63. The SMILES string of the molecule is CCCCCCSc1ncnc2c1sc1nc(C(C)C)c3c(c12)CC(C)(C)OC3. The number of unbranched alkanes of at least 4 members (excludes halogenated alkanes) is 3. The lowest BCUT2D eigenvalue weighted by Crippen LogP contribution is -2.32. The van der Waals surface area contributed by atoms with E-state index < -0.39 is 0 Å². The van der Waals surface area contributed by atoms with Crippen molar-refractivity contribution < 1.29 is 4.74 Å². The van der Waals surface area contributed by atoms with Crippen LogP contribution in [0, 0.1) is 0 Å². The van der Waals surface area contributed by atoms with Gasteiger partial charge in [0.05, 0.1) is 28.1 Å². The number of hydrogen-bond donors (Lipinski definition) is 0. The van der Waals surface area contributed by atoms with Crippen LogP contribution in [0.1, 0.15) is 83.0 Å². The number of nitrogens with zero attached hydrogens (tertiary/aromatic N) is 3. The Morgan fingerprint density at radius 3 is 2.76 bits per heavy atom. The highest BCUT2D eigenvalue weighted by atomic mass is 32.2. The Morgan fingerprint density at radius 2 is 2.00 bits per heavy atom. The van der Waals surface area contributed by atoms with Crippen molar-refractivity contribution in [1.29, 1.82) is 0 Å². The number of aromatic nitrogens is 3. The zero-order valence-electron chi connectivity index (χ0n) is 18.2. The molecule has 3 aromatic rings. The number of hydrogen-bond acceptors (Lipinski definition) is 6. The van der Waals surface area contributed by atoms with Crippen LogP contribution in [0.4, 0.5) is 0 Å². The van der Waals surface area contributed by atoms with Gasteiger partial charge < -0.3 is 4.74 Å². The summed E-state index contributed by atoms with van der Waals surface area (Å²) in [4.78, 5) is 15.6. The van der Waals surface area contributed by atoms with Gasteiger partial charge in [0.25, 0.3) is 0 Å². The van der Waals surface area contributed by atoms with Gasteiger partial charge in [-0.1, -0.05) is 40.0 Å². The largest absolute Gasteiger partial charge is 0.370 e. The van der Waals surface area contributed by atoms with E-state index in [2.05, 4.69) is 39.6 Å². The number of pyridine rings is 1. The number of fused-ring (bicyclic) bond motifs is 5. The molecule has 0 spiro atoms. The van der Waals surface area contributed by atoms with Crippen LogP contribution in [0.25, 0.3) is 20.4 Å². The van der Waals surface area contributed by atoms with Crippen molar-refractivity contribution in [3.8, 4) is 0 Å². The molecule has 0 fully saturated rings. The molecule has 0 atom stereocenters. The molecule has 0 aromatic carbocycles. The molecule has 0 amide bonds. The monoisotopic (exact) mass is 429 g/mol. The number of rotatable bonds is 7. The van der Waals surface area contributed by atoms with Crippen LogP contribution >= 0.6 is 23.1 Å². The highest BCUT2D eigenvalue weighted by molar-refractivity contribution is 7.99. The molecule has 4 heterocycles. The van der Waals surface area contributed by atoms with Crippen molar-refractivity contribution in [3.05, 3.63) is 23.1 Å². The topological polar surface area (TPSA) is 47.9 Å². The highest BCUT2D eigenvalue weighted by Crippen LogP contribution is 2.43. The van der Waals surface area contributed by atoms with Crippen LogP contribution < -0.4 is 0 Å². The fourth-order valence-electron chi connectivity index (χ4n) is 4.09. The first-order chi connectivity index (χ1) is 13.9. The normalized spacial score (nSPS) is 16.1. The molecule has 6 heteroatoms. The van der Waals surface area contributed by atoms with Crippen LogP contribution in [0.5, 0.6) is 0 Å². The lowest BCUT2D eigenvalue weighted by Gasteiger charge is -2.33. The molecule has 0 radical (unpaired) electrons. The second-order valence-electron chi connectivity index (χ2n) is 8.88. The molecule has 0 aliphatic carbocycles. The minimum atomic E-state index is -0.159. The predicted molar refractivity (Wildman–Crippen MR) is 124 cm³/mol. The Morgan fingerprint density at radius 1 is 1.17 bits per heavy atom. The Labute approximate surface area is 181 Å². The van der Waals surface area contributed by atoms with E-state index in [0.717, 1.165) is 27.5 Å². The van der Waals surface area contributed by atoms with Gasteiger partial charge in [0.1, 0.15) is 16.2 Å². The van der Waals surface area contributed by atoms with E-state index in [1.807, 2.05) is 11.8 Å². The molecular formula is C23H31N3OS2. The van der Waals surface area contributed by atoms with Crippen molar-refractivity contribution >= 4 is 43.5 Å². The fraction of sp³-hybridized carbons (Fsp3) is 0.609. The summed E-state index contributed by atoms with van der Waals surface area (Å²) < 4.78 is 7.35. The Kier molecular flexibility index (Phi) is 6.14. The van der Waals surface area contributed by atoms with Gasteiger partial charge in [-0.2, -0.15) is 0 Å². The molecule has 4 nitrogen and oxygen atoms in total. The highest BCUT2D eigenvalue weighted by Gasteiger charge is 2.32. The molecule has 156 valence electrons. The summed E-state index contributed by atoms with van der Waals surface area (Å²) in [6.07, 6.45) is 7.76. The van der Waals surface area contributed by atoms with Crippen LogP contribution in [0.3, 0.4) is 0 Å². The first-order valence-electron chi connectivity index (χ1n) is 10.8. The lowest BCUT2D eigenvalue weighted by molar-refractivity contribution is -0.0402. The maximum Gasteiger partial charge on any atom is 0.126 e. The summed E-state index contributed by atoms with van der Waals surface area (Å²) in [5, 5.41) is 2.34. The van der Waals surface area contributed by atoms with Crippen molar-refractivity contribution in [3.63, 3.8) is 0 Å². The van der Waals surface area contributed by atoms with Gasteiger partial charge in [0, 0.05) is 17.4 Å². The third kappa shape index (κ3) is 4.17. The smallest absolute Gasteiger partial charge is 0.126 e. The average Bonchev–Trinajstić information content (AvgIpc) is 3.06. The van der Waals surface area contributed by atoms with Gasteiger partial charge in [-0.15, -0.1) is 23.1 Å². The van der Waals surface area contributed by atoms with Crippen LogP contribution in [0.2, 0.25) is 0 Å². The van der Waals surface area contributed by atoms with Gasteiger partial charge >= 0.3 is 0 Å². The van der Waals surface area contributed by atoms with E-state index in [1.54, 1.807) is 17.7 Å². The van der Waals surface area contributed by atoms with E-state index in [0.29, 0.717) is 12.5 Å². The second kappa shape index (κ2) is 8.48. The standard InChI is InChI=1S/C23H31N3OS2/c1-6-7-8-9-10-28-22-20-19(24-13-25-22)17-15-11-23(4,5)27-12-16(15)18(14(2)3)26-21(17)29-20/h13-14H,6-12H2,1-5H3. The van der Waals surface area contributed by atoms with E-state index in [4.69, 9.17) is 14.7 Å². The lowest BCUT2D eigenvalue weighted by atomic mass is 9.87. The third-order valence-electron chi connectivity index (χ3n) is 5.61. The molecule has 0 unspecified atom stereocenters. The summed E-state index contributed by atoms with van der Waals surface area (Å²) in [5.41, 5.74) is 4.76. The predicted octanol–water partition coefficient (Wildman–Crippen LogP) is 6.89. The van der Waals surface area contributed by atoms with Gasteiger partial charge in [0.15, 0.2) is 0 Å². The minimum Gasteiger partial charge on any atom is -0.370 e. The Balaban J connectivity index is 1.81. The minimum absolute atomic E-state index is 0.159. The van der Waals surface area contributed by atoms with Gasteiger partial charge in [0.2, 0.25) is 0 Å². The summed E-state index contributed by atoms with van der Waals surface area (Å²) in [7, 11) is 0. The van der Waals surface area contributed by atoms with Crippen LogP contribution in [-0.2, 0) is 17.8 Å². The molecule has 0 saturated carbocycles. The molecule has 4 rings (SSSR count). The number of thioether (sulfide) groups is 1. The van der Waals surface area contributed by atoms with E-state index in [-0.39, 0.29) is 5.60 Å². The molecular weight excluding hydrogens is 398 g/mol. The quantitative estimate of drug-likeness (QED) is 0.232. The molecule has 3 aromatic heterocycles. The molecule has 0 N–H and O–H groups in total. The third-order valence-corrected chi connectivity index (χ3v) is 7.90. The van der Waals surface area contributed by atoms with Crippen molar-refractivity contribution in [2.24, 2.45) is 0 Å². The average molecular weight is 430 g/mol. The van der Waals surface area contributed by atoms with E-state index in [1.165, 1.54) is 52.6 Å². The zero-order chi connectivity index (χ0) is 20.6. The van der Waals surface area contributed by atoms with Crippen LogP contribution in [0.15, 0.2) is 11.4 Å². The molecule has 1 aliphatic heterocycles. The van der Waals surface area contributed by atoms with Gasteiger partial charge in [-0.05, 0) is 37.5 Å². The first kappa shape index (κ1) is 21.0. The molecule has 1 aliphatic rings. The summed E-state index contributed by atoms with van der Waals surface area (Å²) in [6, 6.07) is 0. The second-order valence-corrected chi connectivity index (χ2v) is 11.0. The van der Waals surface area contributed by atoms with E-state index >= 15 is 0 Å². The number of thiophene rings is 1. The van der Waals surface area contributed by atoms with Crippen LogP contribution in [-0.4, -0.2) is 26.3 Å². The van der Waals surface area contributed by atoms with E-state index in [9.17, 15) is 0 Å². The molecule has 29 heavy (non-hydrogen) atoms. The molecule has 0 bridgehead atoms. The van der Waals surface area contributed by atoms with Crippen molar-refractivity contribution in [2.75, 3.05) is 5.75 Å². The van der Waals surface area contributed by atoms with Crippen molar-refractivity contribution in [1.82, 2.24) is 15.0 Å². The maximum atomic E-state index is 6.16. The van der Waals surface area contributed by atoms with Crippen molar-refractivity contribution in [2.45, 2.75) is 89.9 Å². The van der Waals surface area contributed by atoms with Gasteiger partial charge in [-0.3, -0.25) is 0 Å². The summed E-state index contributed by atoms with van der Waals surface area (Å²) in [5.74, 6) is 1.49. The number of ether oxygens (including phenoxy) is 1. The Hall–Kier alpha value is -1.24.